The molecule has 1 aliphatic rings. The summed E-state index contributed by atoms with van der Waals surface area (Å²) in [4.78, 5) is 13.3. The lowest BCUT2D eigenvalue weighted by Gasteiger charge is -2.24. The Kier molecular flexibility index (Phi) is 5.93. The van der Waals surface area contributed by atoms with Crippen molar-refractivity contribution in [3.05, 3.63) is 84.4 Å². The van der Waals surface area contributed by atoms with Gasteiger partial charge in [0.25, 0.3) is 10.0 Å². The third-order valence-electron chi connectivity index (χ3n) is 5.85. The van der Waals surface area contributed by atoms with Gasteiger partial charge < -0.3 is 10.1 Å². The maximum Gasteiger partial charge on any atom is 0.264 e. The van der Waals surface area contributed by atoms with Crippen molar-refractivity contribution in [2.45, 2.75) is 30.1 Å². The Bertz CT molecular complexity index is 1210. The van der Waals surface area contributed by atoms with E-state index < -0.39 is 15.4 Å². The Balaban J connectivity index is 1.67. The van der Waals surface area contributed by atoms with Gasteiger partial charge in [0, 0.05) is 6.54 Å². The Morgan fingerprint density at radius 2 is 1.62 bits per heavy atom. The number of amides is 1. The van der Waals surface area contributed by atoms with Gasteiger partial charge in [-0.2, -0.15) is 0 Å². The second-order valence-electron chi connectivity index (χ2n) is 7.77. The lowest BCUT2D eigenvalue weighted by atomic mass is 9.95. The van der Waals surface area contributed by atoms with E-state index in [9.17, 15) is 13.2 Å². The van der Waals surface area contributed by atoms with Crippen molar-refractivity contribution >= 4 is 27.3 Å². The predicted molar refractivity (Wildman–Crippen MR) is 126 cm³/mol. The van der Waals surface area contributed by atoms with Crippen LogP contribution in [0.25, 0.3) is 0 Å². The van der Waals surface area contributed by atoms with Crippen LogP contribution in [0.15, 0.2) is 83.8 Å². The predicted octanol–water partition coefficient (Wildman–Crippen LogP) is 4.58. The maximum absolute atomic E-state index is 13.4. The number of hydrogen-bond acceptors (Lipinski definition) is 4. The van der Waals surface area contributed by atoms with Gasteiger partial charge in [-0.25, -0.2) is 8.42 Å². The molecular formula is C25H26N2O4S. The van der Waals surface area contributed by atoms with E-state index >= 15 is 0 Å². The van der Waals surface area contributed by atoms with Crippen molar-refractivity contribution in [1.29, 1.82) is 0 Å². The first kappa shape index (κ1) is 21.9. The molecule has 0 saturated heterocycles. The first-order valence-corrected chi connectivity index (χ1v) is 12.0. The number of anilines is 2. The van der Waals surface area contributed by atoms with E-state index in [4.69, 9.17) is 4.74 Å². The summed E-state index contributed by atoms with van der Waals surface area (Å²) in [6, 6.07) is 23.1. The normalized spacial score (nSPS) is 14.4. The standard InChI is InChI=1S/C25H26N2O4S/c1-3-27(20-12-8-5-9-13-20)32(29,30)21-14-15-23(31-2)22(18-21)26-24(28)25(16-17-25)19-10-6-4-7-11-19/h4-15,18H,3,16-17H2,1-2H3,(H,26,28). The lowest BCUT2D eigenvalue weighted by molar-refractivity contribution is -0.118. The lowest BCUT2D eigenvalue weighted by Crippen LogP contribution is -2.31. The Morgan fingerprint density at radius 1 is 1.00 bits per heavy atom. The topological polar surface area (TPSA) is 75.7 Å². The van der Waals surface area contributed by atoms with Gasteiger partial charge in [-0.1, -0.05) is 48.5 Å². The van der Waals surface area contributed by atoms with Crippen LogP contribution in [0.4, 0.5) is 11.4 Å². The highest BCUT2D eigenvalue weighted by atomic mass is 32.2. The zero-order valence-corrected chi connectivity index (χ0v) is 18.9. The monoisotopic (exact) mass is 450 g/mol. The molecule has 6 nitrogen and oxygen atoms in total. The zero-order chi connectivity index (χ0) is 22.8. The molecule has 1 amide bonds. The molecule has 0 unspecified atom stereocenters. The summed E-state index contributed by atoms with van der Waals surface area (Å²) in [6.07, 6.45) is 1.50. The largest absolute Gasteiger partial charge is 0.495 e. The summed E-state index contributed by atoms with van der Waals surface area (Å²) in [5, 5.41) is 2.93. The van der Waals surface area contributed by atoms with E-state index in [2.05, 4.69) is 5.32 Å². The van der Waals surface area contributed by atoms with Gasteiger partial charge in [0.15, 0.2) is 0 Å². The molecule has 32 heavy (non-hydrogen) atoms. The average molecular weight is 451 g/mol. The van der Waals surface area contributed by atoms with Crippen LogP contribution in [-0.2, 0) is 20.2 Å². The van der Waals surface area contributed by atoms with Crippen LogP contribution in [0.3, 0.4) is 0 Å². The smallest absolute Gasteiger partial charge is 0.264 e. The second-order valence-corrected chi connectivity index (χ2v) is 9.63. The van der Waals surface area contributed by atoms with E-state index in [0.29, 0.717) is 17.1 Å². The first-order valence-electron chi connectivity index (χ1n) is 10.5. The number of rotatable bonds is 8. The molecule has 1 saturated carbocycles. The van der Waals surface area contributed by atoms with Crippen LogP contribution in [0.2, 0.25) is 0 Å². The third-order valence-corrected chi connectivity index (χ3v) is 7.75. The number of methoxy groups -OCH3 is 1. The SMILES string of the molecule is CCN(c1ccccc1)S(=O)(=O)c1ccc(OC)c(NC(=O)C2(c3ccccc3)CC2)c1. The summed E-state index contributed by atoms with van der Waals surface area (Å²) in [6.45, 7) is 2.06. The molecule has 4 rings (SSSR count). The first-order chi connectivity index (χ1) is 15.4. The zero-order valence-electron chi connectivity index (χ0n) is 18.1. The van der Waals surface area contributed by atoms with Gasteiger partial charge in [-0.05, 0) is 55.7 Å². The van der Waals surface area contributed by atoms with Crippen LogP contribution in [0, 0.1) is 0 Å². The molecule has 1 fully saturated rings. The van der Waals surface area contributed by atoms with Crippen molar-refractivity contribution in [3.8, 4) is 5.75 Å². The number of hydrogen-bond donors (Lipinski definition) is 1. The van der Waals surface area contributed by atoms with Crippen molar-refractivity contribution in [3.63, 3.8) is 0 Å². The van der Waals surface area contributed by atoms with E-state index in [0.717, 1.165) is 18.4 Å². The number of para-hydroxylation sites is 1. The van der Waals surface area contributed by atoms with Gasteiger partial charge in [-0.15, -0.1) is 0 Å². The molecule has 166 valence electrons. The Hall–Kier alpha value is -3.32. The molecule has 3 aromatic rings. The molecule has 7 heteroatoms. The average Bonchev–Trinajstić information content (AvgIpc) is 3.63. The fourth-order valence-corrected chi connectivity index (χ4v) is 5.43. The molecule has 0 spiro atoms. The molecule has 0 heterocycles. The van der Waals surface area contributed by atoms with Crippen molar-refractivity contribution < 1.29 is 17.9 Å². The van der Waals surface area contributed by atoms with E-state index in [1.54, 1.807) is 37.3 Å². The number of nitrogens with zero attached hydrogens (tertiary/aromatic N) is 1. The highest BCUT2D eigenvalue weighted by Crippen LogP contribution is 2.49. The third kappa shape index (κ3) is 3.96. The Labute approximate surface area is 188 Å². The van der Waals surface area contributed by atoms with Gasteiger partial charge in [0.2, 0.25) is 5.91 Å². The van der Waals surface area contributed by atoms with Crippen molar-refractivity contribution in [2.24, 2.45) is 0 Å². The molecule has 0 aliphatic heterocycles. The maximum atomic E-state index is 13.4. The second kappa shape index (κ2) is 8.67. The number of carbonyl (C=O) groups is 1. The van der Waals surface area contributed by atoms with E-state index in [1.165, 1.54) is 23.5 Å². The van der Waals surface area contributed by atoms with Crippen LogP contribution in [0.5, 0.6) is 5.75 Å². The van der Waals surface area contributed by atoms with Gasteiger partial charge >= 0.3 is 0 Å². The molecule has 0 radical (unpaired) electrons. The van der Waals surface area contributed by atoms with E-state index in [-0.39, 0.29) is 17.3 Å². The fraction of sp³-hybridized carbons (Fsp3) is 0.240. The number of nitrogens with one attached hydrogen (secondary N) is 1. The molecule has 0 aromatic heterocycles. The summed E-state index contributed by atoms with van der Waals surface area (Å²) in [7, 11) is -2.34. The summed E-state index contributed by atoms with van der Waals surface area (Å²) >= 11 is 0. The fourth-order valence-electron chi connectivity index (χ4n) is 3.93. The minimum atomic E-state index is -3.83. The van der Waals surface area contributed by atoms with Crippen LogP contribution < -0.4 is 14.4 Å². The van der Waals surface area contributed by atoms with Crippen LogP contribution in [-0.4, -0.2) is 28.0 Å². The highest BCUT2D eigenvalue weighted by molar-refractivity contribution is 7.92. The minimum absolute atomic E-state index is 0.0869. The van der Waals surface area contributed by atoms with Gasteiger partial charge in [-0.3, -0.25) is 9.10 Å². The highest BCUT2D eigenvalue weighted by Gasteiger charge is 2.51. The molecule has 0 atom stereocenters. The number of ether oxygens (including phenoxy) is 1. The number of carbonyl (C=O) groups excluding carboxylic acids is 1. The molecule has 0 bridgehead atoms. The summed E-state index contributed by atoms with van der Waals surface area (Å²) in [5.74, 6) is 0.246. The van der Waals surface area contributed by atoms with Crippen LogP contribution in [0.1, 0.15) is 25.3 Å². The molecule has 1 aliphatic carbocycles. The summed E-state index contributed by atoms with van der Waals surface area (Å²) in [5.41, 5.74) is 1.30. The van der Waals surface area contributed by atoms with Crippen molar-refractivity contribution in [1.82, 2.24) is 0 Å². The number of benzene rings is 3. The van der Waals surface area contributed by atoms with Gasteiger partial charge in [0.1, 0.15) is 5.75 Å². The quantitative estimate of drug-likeness (QED) is 0.545. The minimum Gasteiger partial charge on any atom is -0.495 e. The molecular weight excluding hydrogens is 424 g/mol. The van der Waals surface area contributed by atoms with E-state index in [1.807, 2.05) is 36.4 Å². The Morgan fingerprint density at radius 3 is 2.19 bits per heavy atom. The van der Waals surface area contributed by atoms with Crippen molar-refractivity contribution in [2.75, 3.05) is 23.3 Å². The van der Waals surface area contributed by atoms with Crippen LogP contribution >= 0.6 is 0 Å². The summed E-state index contributed by atoms with van der Waals surface area (Å²) < 4.78 is 33.6. The van der Waals surface area contributed by atoms with Gasteiger partial charge in [0.05, 0.1) is 28.8 Å². The molecule has 1 N–H and O–H groups in total. The molecule has 3 aromatic carbocycles. The number of sulfonamides is 1.